The van der Waals surface area contributed by atoms with Crippen molar-refractivity contribution in [3.8, 4) is 11.3 Å². The van der Waals surface area contributed by atoms with Crippen molar-refractivity contribution in [2.75, 3.05) is 0 Å². The Hall–Kier alpha value is -1.75. The Morgan fingerprint density at radius 3 is 2.16 bits per heavy atom. The standard InChI is InChI=1S/C26H37BrN2O2/c1-3-4-5-6-7-8-9-10-11-23-18-29-25(19-28-23)22-15-12-21(13-16-22)14-17-24(27)20(2)26(30)31/h12-13,15-16,18-20,24H,3-11,14,17H2,1-2H3,(H,30,31). The van der Waals surface area contributed by atoms with E-state index in [2.05, 4.69) is 57.1 Å². The van der Waals surface area contributed by atoms with Crippen molar-refractivity contribution in [2.45, 2.75) is 89.3 Å². The van der Waals surface area contributed by atoms with E-state index in [9.17, 15) is 4.79 Å². The Labute approximate surface area is 196 Å². The van der Waals surface area contributed by atoms with Gasteiger partial charge in [0.1, 0.15) is 0 Å². The lowest BCUT2D eigenvalue weighted by Crippen LogP contribution is -2.20. The van der Waals surface area contributed by atoms with Crippen molar-refractivity contribution in [1.29, 1.82) is 0 Å². The number of hydrogen-bond donors (Lipinski definition) is 1. The van der Waals surface area contributed by atoms with Gasteiger partial charge in [0, 0.05) is 16.6 Å². The molecule has 0 bridgehead atoms. The van der Waals surface area contributed by atoms with E-state index in [1.807, 2.05) is 12.4 Å². The maximum atomic E-state index is 11.1. The molecule has 0 radical (unpaired) electrons. The monoisotopic (exact) mass is 488 g/mol. The zero-order chi connectivity index (χ0) is 22.5. The second kappa shape index (κ2) is 14.3. The number of benzene rings is 1. The molecule has 2 unspecified atom stereocenters. The molecule has 0 aliphatic rings. The highest BCUT2D eigenvalue weighted by Gasteiger charge is 2.20. The maximum absolute atomic E-state index is 11.1. The molecule has 2 atom stereocenters. The summed E-state index contributed by atoms with van der Waals surface area (Å²) < 4.78 is 0. The number of halogens is 1. The second-order valence-corrected chi connectivity index (χ2v) is 9.67. The highest BCUT2D eigenvalue weighted by atomic mass is 79.9. The summed E-state index contributed by atoms with van der Waals surface area (Å²) in [5.74, 6) is -1.15. The zero-order valence-electron chi connectivity index (χ0n) is 19.0. The number of carbonyl (C=O) groups is 1. The van der Waals surface area contributed by atoms with Crippen LogP contribution in [0.25, 0.3) is 11.3 Å². The smallest absolute Gasteiger partial charge is 0.307 e. The number of alkyl halides is 1. The zero-order valence-corrected chi connectivity index (χ0v) is 20.6. The molecular formula is C26H37BrN2O2. The van der Waals surface area contributed by atoms with Gasteiger partial charge in [-0.2, -0.15) is 0 Å². The van der Waals surface area contributed by atoms with Crippen LogP contribution in [0.5, 0.6) is 0 Å². The number of carboxylic acid groups (broad SMARTS) is 1. The predicted octanol–water partition coefficient (Wildman–Crippen LogP) is 7.24. The number of nitrogens with zero attached hydrogens (tertiary/aromatic N) is 2. The normalized spacial score (nSPS) is 13.1. The largest absolute Gasteiger partial charge is 0.481 e. The molecule has 0 aliphatic heterocycles. The van der Waals surface area contributed by atoms with Crippen molar-refractivity contribution >= 4 is 21.9 Å². The van der Waals surface area contributed by atoms with E-state index in [4.69, 9.17) is 5.11 Å². The van der Waals surface area contributed by atoms with Gasteiger partial charge in [0.15, 0.2) is 0 Å². The number of rotatable bonds is 15. The molecule has 0 fully saturated rings. The van der Waals surface area contributed by atoms with Gasteiger partial charge in [-0.1, -0.05) is 99.0 Å². The first kappa shape index (κ1) is 25.5. The molecule has 1 aromatic carbocycles. The molecule has 0 amide bonds. The molecule has 4 nitrogen and oxygen atoms in total. The van der Waals surface area contributed by atoms with Crippen LogP contribution in [0.15, 0.2) is 36.7 Å². The van der Waals surface area contributed by atoms with Crippen LogP contribution in [-0.2, 0) is 17.6 Å². The van der Waals surface area contributed by atoms with Crippen LogP contribution in [0.1, 0.15) is 82.9 Å². The molecule has 0 aliphatic carbocycles. The van der Waals surface area contributed by atoms with Gasteiger partial charge in [-0.3, -0.25) is 14.8 Å². The minimum atomic E-state index is -0.762. The Morgan fingerprint density at radius 2 is 1.58 bits per heavy atom. The number of carboxylic acids is 1. The fourth-order valence-electron chi connectivity index (χ4n) is 3.62. The van der Waals surface area contributed by atoms with E-state index in [1.54, 1.807) is 6.92 Å². The van der Waals surface area contributed by atoms with Gasteiger partial charge in [0.2, 0.25) is 0 Å². The van der Waals surface area contributed by atoms with E-state index in [-0.39, 0.29) is 10.7 Å². The minimum absolute atomic E-state index is 0.0239. The molecule has 2 rings (SSSR count). The van der Waals surface area contributed by atoms with Crippen LogP contribution in [0.2, 0.25) is 0 Å². The average Bonchev–Trinajstić information content (AvgIpc) is 2.79. The van der Waals surface area contributed by atoms with Crippen LogP contribution in [-0.4, -0.2) is 25.9 Å². The Morgan fingerprint density at radius 1 is 0.935 bits per heavy atom. The van der Waals surface area contributed by atoms with Crippen molar-refractivity contribution < 1.29 is 9.90 Å². The number of hydrogen-bond acceptors (Lipinski definition) is 3. The van der Waals surface area contributed by atoms with E-state index >= 15 is 0 Å². The van der Waals surface area contributed by atoms with Crippen LogP contribution >= 0.6 is 15.9 Å². The molecule has 1 heterocycles. The van der Waals surface area contributed by atoms with Crippen LogP contribution < -0.4 is 0 Å². The van der Waals surface area contributed by atoms with Crippen molar-refractivity contribution in [1.82, 2.24) is 9.97 Å². The molecular weight excluding hydrogens is 452 g/mol. The number of unbranched alkanes of at least 4 members (excludes halogenated alkanes) is 7. The first-order chi connectivity index (χ1) is 15.0. The van der Waals surface area contributed by atoms with Gasteiger partial charge in [-0.25, -0.2) is 0 Å². The lowest BCUT2D eigenvalue weighted by atomic mass is 10.00. The fourth-order valence-corrected chi connectivity index (χ4v) is 4.08. The number of aliphatic carboxylic acids is 1. The fraction of sp³-hybridized carbons (Fsp3) is 0.577. The lowest BCUT2D eigenvalue weighted by Gasteiger charge is -2.14. The lowest BCUT2D eigenvalue weighted by molar-refractivity contribution is -0.141. The first-order valence-electron chi connectivity index (χ1n) is 11.8. The Bertz CT molecular complexity index is 762. The van der Waals surface area contributed by atoms with Gasteiger partial charge in [0.05, 0.1) is 23.5 Å². The van der Waals surface area contributed by atoms with Gasteiger partial charge < -0.3 is 5.11 Å². The highest BCUT2D eigenvalue weighted by Crippen LogP contribution is 2.22. The highest BCUT2D eigenvalue weighted by molar-refractivity contribution is 9.09. The van der Waals surface area contributed by atoms with Gasteiger partial charge in [-0.15, -0.1) is 0 Å². The van der Waals surface area contributed by atoms with Crippen molar-refractivity contribution in [3.05, 3.63) is 47.9 Å². The number of aryl methyl sites for hydroxylation is 2. The molecule has 31 heavy (non-hydrogen) atoms. The third kappa shape index (κ3) is 9.51. The first-order valence-corrected chi connectivity index (χ1v) is 12.7. The third-order valence-corrected chi connectivity index (χ3v) is 7.13. The average molecular weight is 489 g/mol. The molecule has 0 spiro atoms. The van der Waals surface area contributed by atoms with Crippen molar-refractivity contribution in [3.63, 3.8) is 0 Å². The predicted molar refractivity (Wildman–Crippen MR) is 132 cm³/mol. The third-order valence-electron chi connectivity index (χ3n) is 5.88. The summed E-state index contributed by atoms with van der Waals surface area (Å²) in [6, 6.07) is 8.33. The summed E-state index contributed by atoms with van der Waals surface area (Å²) in [5.41, 5.74) is 4.22. The SMILES string of the molecule is CCCCCCCCCCc1cnc(-c2ccc(CCC(Br)C(C)C(=O)O)cc2)cn1. The topological polar surface area (TPSA) is 63.1 Å². The quantitative estimate of drug-likeness (QED) is 0.212. The van der Waals surface area contributed by atoms with Gasteiger partial charge in [-0.05, 0) is 31.2 Å². The summed E-state index contributed by atoms with van der Waals surface area (Å²) in [4.78, 5) is 20.3. The molecule has 0 saturated carbocycles. The van der Waals surface area contributed by atoms with E-state index in [0.717, 1.165) is 36.2 Å². The molecule has 5 heteroatoms. The molecule has 0 saturated heterocycles. The van der Waals surface area contributed by atoms with Gasteiger partial charge in [0.25, 0.3) is 0 Å². The molecule has 1 aromatic heterocycles. The van der Waals surface area contributed by atoms with Crippen LogP contribution in [0.4, 0.5) is 0 Å². The van der Waals surface area contributed by atoms with Crippen LogP contribution in [0, 0.1) is 5.92 Å². The summed E-state index contributed by atoms with van der Waals surface area (Å²) in [6.07, 6.45) is 17.0. The van der Waals surface area contributed by atoms with E-state index in [0.29, 0.717) is 0 Å². The molecule has 170 valence electrons. The van der Waals surface area contributed by atoms with E-state index in [1.165, 1.54) is 56.9 Å². The summed E-state index contributed by atoms with van der Waals surface area (Å²) in [5, 5.41) is 9.10. The Balaban J connectivity index is 1.74. The summed E-state index contributed by atoms with van der Waals surface area (Å²) in [7, 11) is 0. The summed E-state index contributed by atoms with van der Waals surface area (Å²) in [6.45, 7) is 4.00. The Kier molecular flexibility index (Phi) is 11.8. The minimum Gasteiger partial charge on any atom is -0.481 e. The van der Waals surface area contributed by atoms with Crippen LogP contribution in [0.3, 0.4) is 0 Å². The number of aromatic nitrogens is 2. The maximum Gasteiger partial charge on any atom is 0.307 e. The summed E-state index contributed by atoms with van der Waals surface area (Å²) >= 11 is 3.50. The molecule has 1 N–H and O–H groups in total. The van der Waals surface area contributed by atoms with E-state index < -0.39 is 5.97 Å². The van der Waals surface area contributed by atoms with Gasteiger partial charge >= 0.3 is 5.97 Å². The van der Waals surface area contributed by atoms with Crippen molar-refractivity contribution in [2.24, 2.45) is 5.92 Å². The second-order valence-electron chi connectivity index (χ2n) is 8.50. The molecule has 2 aromatic rings.